The molecule has 26 heavy (non-hydrogen) atoms. The van der Waals surface area contributed by atoms with Crippen molar-refractivity contribution in [3.63, 3.8) is 0 Å². The minimum absolute atomic E-state index is 0.240. The molecule has 0 radical (unpaired) electrons. The summed E-state index contributed by atoms with van der Waals surface area (Å²) in [5.74, 6) is -2.18. The van der Waals surface area contributed by atoms with Crippen LogP contribution in [0.25, 0.3) is 0 Å². The Hall–Kier alpha value is -2.70. The van der Waals surface area contributed by atoms with Crippen molar-refractivity contribution in [1.29, 1.82) is 0 Å². The normalized spacial score (nSPS) is 12.4. The van der Waals surface area contributed by atoms with Crippen LogP contribution in [-0.2, 0) is 0 Å². The molecule has 2 rings (SSSR count). The molecule has 0 saturated carbocycles. The van der Waals surface area contributed by atoms with E-state index in [1.807, 2.05) is 6.92 Å². The summed E-state index contributed by atoms with van der Waals surface area (Å²) in [6.07, 6.45) is 1.36. The van der Waals surface area contributed by atoms with E-state index in [1.54, 1.807) is 44.4 Å². The van der Waals surface area contributed by atoms with Gasteiger partial charge < -0.3 is 14.8 Å². The van der Waals surface area contributed by atoms with E-state index in [1.165, 1.54) is 6.20 Å². The van der Waals surface area contributed by atoms with E-state index < -0.39 is 12.5 Å². The van der Waals surface area contributed by atoms with Crippen LogP contribution in [0.1, 0.15) is 41.5 Å². The number of benzene rings is 1. The van der Waals surface area contributed by atoms with Crippen LogP contribution in [0.4, 0.5) is 8.78 Å². The van der Waals surface area contributed by atoms with Gasteiger partial charge in [0.05, 0.1) is 25.0 Å². The molecule has 140 valence electrons. The first-order chi connectivity index (χ1) is 12.2. The van der Waals surface area contributed by atoms with Crippen molar-refractivity contribution in [2.24, 2.45) is 0 Å². The molecule has 1 unspecified atom stereocenters. The summed E-state index contributed by atoms with van der Waals surface area (Å²) in [6.45, 7) is 3.72. The first-order valence-corrected chi connectivity index (χ1v) is 8.11. The molecule has 1 heterocycles. The number of ether oxygens (including phenoxy) is 2. The number of aromatic nitrogens is 1. The van der Waals surface area contributed by atoms with E-state index in [9.17, 15) is 13.6 Å². The number of pyridine rings is 1. The molecule has 1 aromatic heterocycles. The van der Waals surface area contributed by atoms with Gasteiger partial charge in [-0.2, -0.15) is 0 Å². The maximum atomic E-state index is 12.8. The lowest BCUT2D eigenvalue weighted by atomic mass is 10.1. The molecule has 0 aliphatic rings. The van der Waals surface area contributed by atoms with Crippen molar-refractivity contribution in [2.75, 3.05) is 13.7 Å². The van der Waals surface area contributed by atoms with Crippen LogP contribution in [0.5, 0.6) is 11.5 Å². The molecule has 0 fully saturated rings. The van der Waals surface area contributed by atoms with Gasteiger partial charge in [-0.25, -0.2) is 8.78 Å². The average Bonchev–Trinajstić information content (AvgIpc) is 2.59. The van der Waals surface area contributed by atoms with Crippen LogP contribution in [0, 0.1) is 6.92 Å². The zero-order chi connectivity index (χ0) is 19.3. The fraction of sp³-hybridized carbons (Fsp3) is 0.368. The summed E-state index contributed by atoms with van der Waals surface area (Å²) in [5, 5.41) is 2.85. The highest BCUT2D eigenvalue weighted by Crippen LogP contribution is 2.20. The van der Waals surface area contributed by atoms with Gasteiger partial charge in [-0.15, -0.1) is 0 Å². The third-order valence-corrected chi connectivity index (χ3v) is 3.70. The third kappa shape index (κ3) is 5.40. The van der Waals surface area contributed by atoms with Crippen molar-refractivity contribution in [1.82, 2.24) is 10.3 Å². The SMILES string of the molecule is COc1ccc(C(=O)NC(C)c2ccc(OCC(C)(F)F)cn2)cc1C. The Bertz CT molecular complexity index is 758. The number of carbonyl (C=O) groups excluding carboxylic acids is 1. The minimum Gasteiger partial charge on any atom is -0.496 e. The lowest BCUT2D eigenvalue weighted by Crippen LogP contribution is -2.27. The monoisotopic (exact) mass is 364 g/mol. The highest BCUT2D eigenvalue weighted by atomic mass is 19.3. The third-order valence-electron chi connectivity index (χ3n) is 3.70. The van der Waals surface area contributed by atoms with E-state index >= 15 is 0 Å². The number of hydrogen-bond donors (Lipinski definition) is 1. The second-order valence-electron chi connectivity index (χ2n) is 6.16. The molecule has 7 heteroatoms. The van der Waals surface area contributed by atoms with Gasteiger partial charge >= 0.3 is 0 Å². The topological polar surface area (TPSA) is 60.5 Å². The Morgan fingerprint density at radius 2 is 2.04 bits per heavy atom. The predicted octanol–water partition coefficient (Wildman–Crippen LogP) is 3.92. The van der Waals surface area contributed by atoms with Crippen molar-refractivity contribution >= 4 is 5.91 Å². The van der Waals surface area contributed by atoms with Crippen molar-refractivity contribution in [3.05, 3.63) is 53.3 Å². The first kappa shape index (κ1) is 19.6. The molecule has 1 atom stereocenters. The van der Waals surface area contributed by atoms with Crippen LogP contribution >= 0.6 is 0 Å². The number of hydrogen-bond acceptors (Lipinski definition) is 4. The fourth-order valence-electron chi connectivity index (χ4n) is 2.32. The molecular weight excluding hydrogens is 342 g/mol. The van der Waals surface area contributed by atoms with Crippen LogP contribution in [0.2, 0.25) is 0 Å². The van der Waals surface area contributed by atoms with E-state index in [0.29, 0.717) is 17.0 Å². The number of aryl methyl sites for hydroxylation is 1. The molecule has 1 aromatic carbocycles. The average molecular weight is 364 g/mol. The Labute approximate surface area is 151 Å². The summed E-state index contributed by atoms with van der Waals surface area (Å²) in [4.78, 5) is 16.5. The van der Waals surface area contributed by atoms with E-state index in [0.717, 1.165) is 12.5 Å². The maximum absolute atomic E-state index is 12.8. The zero-order valence-corrected chi connectivity index (χ0v) is 15.2. The number of rotatable bonds is 7. The molecule has 1 amide bonds. The highest BCUT2D eigenvalue weighted by Gasteiger charge is 2.22. The van der Waals surface area contributed by atoms with Gasteiger partial charge in [0.25, 0.3) is 11.8 Å². The molecule has 0 spiro atoms. The summed E-state index contributed by atoms with van der Waals surface area (Å²) >= 11 is 0. The minimum atomic E-state index is -2.91. The van der Waals surface area contributed by atoms with Gasteiger partial charge in [0.15, 0.2) is 6.61 Å². The number of nitrogens with one attached hydrogen (secondary N) is 1. The van der Waals surface area contributed by atoms with Crippen molar-refractivity contribution < 1.29 is 23.0 Å². The lowest BCUT2D eigenvalue weighted by Gasteiger charge is -2.15. The molecule has 1 N–H and O–H groups in total. The summed E-state index contributed by atoms with van der Waals surface area (Å²) in [5.41, 5.74) is 1.97. The zero-order valence-electron chi connectivity index (χ0n) is 15.2. The van der Waals surface area contributed by atoms with E-state index in [-0.39, 0.29) is 17.7 Å². The first-order valence-electron chi connectivity index (χ1n) is 8.11. The summed E-state index contributed by atoms with van der Waals surface area (Å²) < 4.78 is 35.8. The van der Waals surface area contributed by atoms with Gasteiger partial charge in [-0.3, -0.25) is 9.78 Å². The van der Waals surface area contributed by atoms with Gasteiger partial charge in [0.1, 0.15) is 11.5 Å². The predicted molar refractivity (Wildman–Crippen MR) is 94.0 cm³/mol. The fourth-order valence-corrected chi connectivity index (χ4v) is 2.32. The van der Waals surface area contributed by atoms with Crippen LogP contribution in [0.3, 0.4) is 0 Å². The molecular formula is C19H22F2N2O3. The standard InChI is InChI=1S/C19H22F2N2O3/c1-12-9-14(5-8-17(12)25-4)18(24)23-13(2)16-7-6-15(10-22-16)26-11-19(3,20)21/h5-10,13H,11H2,1-4H3,(H,23,24). The van der Waals surface area contributed by atoms with Gasteiger partial charge in [0, 0.05) is 12.5 Å². The Kier molecular flexibility index (Phi) is 6.13. The van der Waals surface area contributed by atoms with Gasteiger partial charge in [0.2, 0.25) is 0 Å². The van der Waals surface area contributed by atoms with Crippen LogP contribution in [0.15, 0.2) is 36.5 Å². The number of alkyl halides is 2. The number of nitrogens with zero attached hydrogens (tertiary/aromatic N) is 1. The second kappa shape index (κ2) is 8.12. The van der Waals surface area contributed by atoms with E-state index in [4.69, 9.17) is 9.47 Å². The van der Waals surface area contributed by atoms with Gasteiger partial charge in [-0.05, 0) is 49.7 Å². The Morgan fingerprint density at radius 3 is 2.58 bits per heavy atom. The summed E-state index contributed by atoms with van der Waals surface area (Å²) in [6, 6.07) is 8.00. The van der Waals surface area contributed by atoms with Crippen molar-refractivity contribution in [2.45, 2.75) is 32.7 Å². The Morgan fingerprint density at radius 1 is 1.31 bits per heavy atom. The summed E-state index contributed by atoms with van der Waals surface area (Å²) in [7, 11) is 1.57. The molecule has 2 aromatic rings. The largest absolute Gasteiger partial charge is 0.496 e. The van der Waals surface area contributed by atoms with Crippen LogP contribution in [-0.4, -0.2) is 30.5 Å². The molecule has 0 aliphatic heterocycles. The Balaban J connectivity index is 1.99. The number of methoxy groups -OCH3 is 1. The number of amides is 1. The van der Waals surface area contributed by atoms with Gasteiger partial charge in [-0.1, -0.05) is 0 Å². The van der Waals surface area contributed by atoms with Crippen molar-refractivity contribution in [3.8, 4) is 11.5 Å². The maximum Gasteiger partial charge on any atom is 0.278 e. The number of carbonyl (C=O) groups is 1. The second-order valence-corrected chi connectivity index (χ2v) is 6.16. The van der Waals surface area contributed by atoms with E-state index in [2.05, 4.69) is 10.3 Å². The molecule has 0 aliphatic carbocycles. The molecule has 0 saturated heterocycles. The molecule has 0 bridgehead atoms. The molecule has 5 nitrogen and oxygen atoms in total. The number of halogens is 2. The highest BCUT2D eigenvalue weighted by molar-refractivity contribution is 5.94. The smallest absolute Gasteiger partial charge is 0.278 e. The lowest BCUT2D eigenvalue weighted by molar-refractivity contribution is -0.0230. The van der Waals surface area contributed by atoms with Crippen LogP contribution < -0.4 is 14.8 Å². The quantitative estimate of drug-likeness (QED) is 0.809.